The minimum Gasteiger partial charge on any atom is -0.390 e. The molecule has 4 saturated carbocycles. The predicted molar refractivity (Wildman–Crippen MR) is 130 cm³/mol. The van der Waals surface area contributed by atoms with Crippen molar-refractivity contribution in [3.05, 3.63) is 29.8 Å². The fraction of sp³-hybridized carbons (Fsp3) is 0.759. The first-order valence-corrected chi connectivity index (χ1v) is 13.3. The highest BCUT2D eigenvalue weighted by Crippen LogP contribution is 2.63. The largest absolute Gasteiger partial charge is 0.390 e. The number of aliphatic hydroxyl groups is 1. The minimum atomic E-state index is -0.420. The Kier molecular flexibility index (Phi) is 5.81. The highest BCUT2D eigenvalue weighted by molar-refractivity contribution is 5.49. The van der Waals surface area contributed by atoms with Crippen LogP contribution in [0.25, 0.3) is 0 Å². The molecule has 0 aromatic heterocycles. The molecule has 4 aliphatic carbocycles. The molecule has 0 bridgehead atoms. The highest BCUT2D eigenvalue weighted by Gasteiger charge is 2.56. The zero-order valence-corrected chi connectivity index (χ0v) is 20.3. The number of hydrogen-bond donors (Lipinski definition) is 2. The van der Waals surface area contributed by atoms with Crippen molar-refractivity contribution >= 4 is 5.69 Å². The van der Waals surface area contributed by atoms with Crippen molar-refractivity contribution < 1.29 is 5.11 Å². The third-order valence-electron chi connectivity index (χ3n) is 10.5. The first-order chi connectivity index (χ1) is 15.3. The van der Waals surface area contributed by atoms with Gasteiger partial charge in [-0.3, -0.25) is 0 Å². The number of benzene rings is 1. The maximum absolute atomic E-state index is 10.7. The molecule has 1 aromatic carbocycles. The van der Waals surface area contributed by atoms with Crippen molar-refractivity contribution in [3.63, 3.8) is 0 Å². The molecule has 0 radical (unpaired) electrons. The summed E-state index contributed by atoms with van der Waals surface area (Å²) in [4.78, 5) is 0. The van der Waals surface area contributed by atoms with Crippen LogP contribution in [0.3, 0.4) is 0 Å². The second-order valence-electron chi connectivity index (χ2n) is 12.4. The number of nitrogens with zero attached hydrogens (tertiary/aromatic N) is 1. The van der Waals surface area contributed by atoms with Gasteiger partial charge in [-0.2, -0.15) is 5.26 Å². The summed E-state index contributed by atoms with van der Waals surface area (Å²) in [5.74, 6) is 4.97. The summed E-state index contributed by atoms with van der Waals surface area (Å²) in [6.45, 7) is 7.07. The molecule has 0 heterocycles. The van der Waals surface area contributed by atoms with E-state index < -0.39 is 5.60 Å². The lowest BCUT2D eigenvalue weighted by Crippen LogP contribution is -2.55. The number of hydrogen-bond acceptors (Lipinski definition) is 3. The average Bonchev–Trinajstić information content (AvgIpc) is 2.77. The zero-order chi connectivity index (χ0) is 22.5. The van der Waals surface area contributed by atoms with Crippen LogP contribution in [-0.2, 0) is 0 Å². The average molecular weight is 435 g/mol. The molecule has 1 aromatic rings. The molecule has 32 heavy (non-hydrogen) atoms. The molecule has 0 aliphatic heterocycles. The number of nitriles is 1. The van der Waals surface area contributed by atoms with Crippen LogP contribution in [0.15, 0.2) is 24.3 Å². The SMILES string of the molecule is CC(Nc1cccc(C#N)c1)[C@H]1CCC[C@H]2[C@@H]3CC[C@@H]4C[C@](C)(O)CC[C@@H]4C3CC[C@]12C. The Labute approximate surface area is 195 Å². The topological polar surface area (TPSA) is 56.0 Å². The Hall–Kier alpha value is -1.53. The standard InChI is InChI=1S/C29H42N2O/c1-19(31-22-7-4-6-20(16-22)18-30)26-8-5-9-27-25-11-10-21-17-28(2,32)14-12-23(21)24(25)13-15-29(26,27)3/h4,6-7,16,19,21,23-27,31-32H,5,8-15,17H2,1-3H3/t19?,21-,23+,24?,25-,26-,27+,28-,29-/m1/s1. The van der Waals surface area contributed by atoms with E-state index in [1.165, 1.54) is 51.4 Å². The van der Waals surface area contributed by atoms with E-state index in [4.69, 9.17) is 0 Å². The van der Waals surface area contributed by atoms with Crippen LogP contribution in [0.1, 0.15) is 90.5 Å². The summed E-state index contributed by atoms with van der Waals surface area (Å²) in [6, 6.07) is 10.7. The van der Waals surface area contributed by atoms with Crippen LogP contribution in [0.2, 0.25) is 0 Å². The fourth-order valence-corrected chi connectivity index (χ4v) is 9.18. The number of rotatable bonds is 3. The Bertz CT molecular complexity index is 872. The smallest absolute Gasteiger partial charge is 0.0992 e. The quantitative estimate of drug-likeness (QED) is 0.552. The number of nitrogens with one attached hydrogen (secondary N) is 1. The van der Waals surface area contributed by atoms with E-state index in [1.54, 1.807) is 0 Å². The van der Waals surface area contributed by atoms with Gasteiger partial charge in [0.2, 0.25) is 0 Å². The van der Waals surface area contributed by atoms with Crippen LogP contribution < -0.4 is 5.32 Å². The first kappa shape index (κ1) is 22.3. The van der Waals surface area contributed by atoms with Crippen LogP contribution in [0, 0.1) is 52.3 Å². The lowest BCUT2D eigenvalue weighted by atomic mass is 9.44. The Morgan fingerprint density at radius 3 is 2.66 bits per heavy atom. The van der Waals surface area contributed by atoms with Gasteiger partial charge >= 0.3 is 0 Å². The normalized spacial score (nSPS) is 44.3. The number of anilines is 1. The van der Waals surface area contributed by atoms with Crippen molar-refractivity contribution in [2.75, 3.05) is 5.32 Å². The second kappa shape index (κ2) is 8.35. The predicted octanol–water partition coefficient (Wildman–Crippen LogP) is 6.77. The van der Waals surface area contributed by atoms with E-state index in [9.17, 15) is 10.4 Å². The lowest BCUT2D eigenvalue weighted by Gasteiger charge is -2.61. The van der Waals surface area contributed by atoms with Gasteiger partial charge in [0, 0.05) is 11.7 Å². The van der Waals surface area contributed by atoms with Crippen LogP contribution in [-0.4, -0.2) is 16.7 Å². The monoisotopic (exact) mass is 434 g/mol. The summed E-state index contributed by atoms with van der Waals surface area (Å²) in [6.07, 6.45) is 12.9. The summed E-state index contributed by atoms with van der Waals surface area (Å²) in [5, 5.41) is 23.7. The lowest BCUT2D eigenvalue weighted by molar-refractivity contribution is -0.128. The van der Waals surface area contributed by atoms with E-state index in [1.807, 2.05) is 18.2 Å². The molecule has 4 aliphatic rings. The van der Waals surface area contributed by atoms with Gasteiger partial charge < -0.3 is 10.4 Å². The molecular weight excluding hydrogens is 392 g/mol. The van der Waals surface area contributed by atoms with Gasteiger partial charge in [-0.15, -0.1) is 0 Å². The Morgan fingerprint density at radius 1 is 1.03 bits per heavy atom. The maximum atomic E-state index is 10.7. The van der Waals surface area contributed by atoms with Crippen LogP contribution in [0.4, 0.5) is 5.69 Å². The van der Waals surface area contributed by atoms with Gasteiger partial charge in [0.05, 0.1) is 17.2 Å². The van der Waals surface area contributed by atoms with Crippen molar-refractivity contribution in [1.82, 2.24) is 0 Å². The van der Waals surface area contributed by atoms with Crippen molar-refractivity contribution in [1.29, 1.82) is 5.26 Å². The Balaban J connectivity index is 1.33. The second-order valence-corrected chi connectivity index (χ2v) is 12.4. The van der Waals surface area contributed by atoms with Gasteiger partial charge in [0.25, 0.3) is 0 Å². The maximum Gasteiger partial charge on any atom is 0.0992 e. The van der Waals surface area contributed by atoms with E-state index in [0.29, 0.717) is 17.4 Å². The van der Waals surface area contributed by atoms with E-state index in [2.05, 4.69) is 38.2 Å². The van der Waals surface area contributed by atoms with Crippen molar-refractivity contribution in [2.24, 2.45) is 40.9 Å². The minimum absolute atomic E-state index is 0.420. The van der Waals surface area contributed by atoms with Gasteiger partial charge in [0.1, 0.15) is 0 Å². The van der Waals surface area contributed by atoms with Gasteiger partial charge in [-0.05, 0) is 131 Å². The molecule has 0 spiro atoms. The third-order valence-corrected chi connectivity index (χ3v) is 10.5. The third kappa shape index (κ3) is 3.87. The van der Waals surface area contributed by atoms with Gasteiger partial charge in [-0.25, -0.2) is 0 Å². The van der Waals surface area contributed by atoms with E-state index in [0.717, 1.165) is 53.7 Å². The molecule has 9 atom stereocenters. The molecule has 0 saturated heterocycles. The molecule has 174 valence electrons. The van der Waals surface area contributed by atoms with E-state index >= 15 is 0 Å². The highest BCUT2D eigenvalue weighted by atomic mass is 16.3. The summed E-state index contributed by atoms with van der Waals surface area (Å²) >= 11 is 0. The molecule has 5 rings (SSSR count). The van der Waals surface area contributed by atoms with Crippen LogP contribution >= 0.6 is 0 Å². The molecule has 2 unspecified atom stereocenters. The van der Waals surface area contributed by atoms with Gasteiger partial charge in [0.15, 0.2) is 0 Å². The molecule has 4 fully saturated rings. The fourth-order valence-electron chi connectivity index (χ4n) is 9.18. The van der Waals surface area contributed by atoms with Crippen LogP contribution in [0.5, 0.6) is 0 Å². The molecule has 3 nitrogen and oxygen atoms in total. The zero-order valence-electron chi connectivity index (χ0n) is 20.3. The molecular formula is C29H42N2O. The summed E-state index contributed by atoms with van der Waals surface area (Å²) in [5.41, 5.74) is 1.83. The molecule has 0 amide bonds. The van der Waals surface area contributed by atoms with E-state index in [-0.39, 0.29) is 0 Å². The van der Waals surface area contributed by atoms with Crippen molar-refractivity contribution in [2.45, 2.75) is 96.6 Å². The van der Waals surface area contributed by atoms with Crippen molar-refractivity contribution in [3.8, 4) is 6.07 Å². The Morgan fingerprint density at radius 2 is 1.84 bits per heavy atom. The molecule has 3 heteroatoms. The molecule has 2 N–H and O–H groups in total. The summed E-state index contributed by atoms with van der Waals surface area (Å²) in [7, 11) is 0. The van der Waals surface area contributed by atoms with Gasteiger partial charge in [-0.1, -0.05) is 19.4 Å². The first-order valence-electron chi connectivity index (χ1n) is 13.3. The number of fused-ring (bicyclic) bond motifs is 5. The summed E-state index contributed by atoms with van der Waals surface area (Å²) < 4.78 is 0.